The van der Waals surface area contributed by atoms with Gasteiger partial charge >= 0.3 is 0 Å². The van der Waals surface area contributed by atoms with Crippen LogP contribution in [0.1, 0.15) is 31.2 Å². The van der Waals surface area contributed by atoms with Crippen molar-refractivity contribution in [3.63, 3.8) is 0 Å². The smallest absolute Gasteiger partial charge is 0.123 e. The first-order valence-electron chi connectivity index (χ1n) is 9.25. The minimum atomic E-state index is -0.316. The van der Waals surface area contributed by atoms with Crippen LogP contribution >= 0.6 is 0 Å². The predicted octanol–water partition coefficient (Wildman–Crippen LogP) is 6.77. The average Bonchev–Trinajstić information content (AvgIpc) is 2.70. The summed E-state index contributed by atoms with van der Waals surface area (Å²) in [5.74, 6) is -0.629. The van der Waals surface area contributed by atoms with Gasteiger partial charge in [0.2, 0.25) is 0 Å². The van der Waals surface area contributed by atoms with E-state index in [1.54, 1.807) is 24.3 Å². The largest absolute Gasteiger partial charge is 0.249 e. The third kappa shape index (κ3) is 4.39. The highest BCUT2D eigenvalue weighted by molar-refractivity contribution is 5.79. The summed E-state index contributed by atoms with van der Waals surface area (Å²) in [4.78, 5) is 9.60. The molecule has 1 aromatic heterocycles. The Balaban J connectivity index is 2.21. The number of aryl methyl sites for hydroxylation is 1. The van der Waals surface area contributed by atoms with Gasteiger partial charge in [0.15, 0.2) is 0 Å². The van der Waals surface area contributed by atoms with Crippen LogP contribution in [0.5, 0.6) is 0 Å². The lowest BCUT2D eigenvalue weighted by Crippen LogP contribution is -2.00. The third-order valence-electron chi connectivity index (χ3n) is 4.47. The SMILES string of the molecule is C=C/C(=C\c1nc(-c2ccc(F)cc2)c(-c2ccc(F)cc2)nc1C)CCC. The van der Waals surface area contributed by atoms with E-state index in [1.807, 2.05) is 19.1 Å². The van der Waals surface area contributed by atoms with E-state index in [4.69, 9.17) is 9.97 Å². The van der Waals surface area contributed by atoms with Crippen molar-refractivity contribution in [3.05, 3.63) is 89.8 Å². The molecular weight excluding hydrogens is 354 g/mol. The quantitative estimate of drug-likeness (QED) is 0.444. The summed E-state index contributed by atoms with van der Waals surface area (Å²) >= 11 is 0. The molecule has 0 aliphatic rings. The van der Waals surface area contributed by atoms with Gasteiger partial charge in [0.1, 0.15) is 11.6 Å². The molecule has 0 saturated heterocycles. The summed E-state index contributed by atoms with van der Waals surface area (Å²) in [6.07, 6.45) is 5.72. The van der Waals surface area contributed by atoms with Crippen molar-refractivity contribution < 1.29 is 8.78 Å². The number of benzene rings is 2. The summed E-state index contributed by atoms with van der Waals surface area (Å²) in [7, 11) is 0. The first kappa shape index (κ1) is 19.6. The molecule has 0 saturated carbocycles. The van der Waals surface area contributed by atoms with E-state index in [0.717, 1.165) is 40.9 Å². The van der Waals surface area contributed by atoms with Gasteiger partial charge in [0.25, 0.3) is 0 Å². The van der Waals surface area contributed by atoms with Crippen LogP contribution in [0.25, 0.3) is 28.6 Å². The molecule has 3 aromatic rings. The van der Waals surface area contributed by atoms with Gasteiger partial charge in [-0.1, -0.05) is 26.0 Å². The van der Waals surface area contributed by atoms with Crippen LogP contribution < -0.4 is 0 Å². The Labute approximate surface area is 164 Å². The van der Waals surface area contributed by atoms with E-state index in [1.165, 1.54) is 24.3 Å². The number of hydrogen-bond donors (Lipinski definition) is 0. The lowest BCUT2D eigenvalue weighted by atomic mass is 10.0. The highest BCUT2D eigenvalue weighted by Gasteiger charge is 2.15. The van der Waals surface area contributed by atoms with Gasteiger partial charge in [-0.25, -0.2) is 18.7 Å². The molecule has 0 fully saturated rings. The number of halogens is 2. The Morgan fingerprint density at radius 3 is 1.86 bits per heavy atom. The molecule has 0 unspecified atom stereocenters. The standard InChI is InChI=1S/C24H22F2N2/c1-4-6-17(5-2)15-22-16(3)27-23(18-7-11-20(25)12-8-18)24(28-22)19-9-13-21(26)14-10-19/h5,7-15H,2,4,6H2,1,3H3/b17-15+. The number of aromatic nitrogens is 2. The van der Waals surface area contributed by atoms with Gasteiger partial charge in [-0.3, -0.25) is 0 Å². The van der Waals surface area contributed by atoms with Crippen LogP contribution in [0.3, 0.4) is 0 Å². The van der Waals surface area contributed by atoms with E-state index < -0.39 is 0 Å². The lowest BCUT2D eigenvalue weighted by molar-refractivity contribution is 0.627. The number of hydrogen-bond acceptors (Lipinski definition) is 2. The minimum Gasteiger partial charge on any atom is -0.249 e. The molecule has 0 amide bonds. The molecule has 0 aliphatic heterocycles. The van der Waals surface area contributed by atoms with E-state index >= 15 is 0 Å². The highest BCUT2D eigenvalue weighted by Crippen LogP contribution is 2.31. The van der Waals surface area contributed by atoms with Gasteiger partial charge in [-0.2, -0.15) is 0 Å². The summed E-state index contributed by atoms with van der Waals surface area (Å²) < 4.78 is 26.8. The van der Waals surface area contributed by atoms with Crippen LogP contribution in [0, 0.1) is 18.6 Å². The van der Waals surface area contributed by atoms with Gasteiger partial charge in [-0.15, -0.1) is 0 Å². The molecular formula is C24H22F2N2. The maximum Gasteiger partial charge on any atom is 0.123 e. The summed E-state index contributed by atoms with van der Waals surface area (Å²) in [5, 5.41) is 0. The maximum atomic E-state index is 13.4. The fraction of sp³-hybridized carbons (Fsp3) is 0.167. The van der Waals surface area contributed by atoms with Gasteiger partial charge in [-0.05, 0) is 73.5 Å². The molecule has 0 atom stereocenters. The Bertz CT molecular complexity index is 1000. The van der Waals surface area contributed by atoms with Crippen molar-refractivity contribution in [2.45, 2.75) is 26.7 Å². The van der Waals surface area contributed by atoms with Crippen molar-refractivity contribution >= 4 is 6.08 Å². The molecule has 0 radical (unpaired) electrons. The highest BCUT2D eigenvalue weighted by atomic mass is 19.1. The molecule has 0 N–H and O–H groups in total. The van der Waals surface area contributed by atoms with E-state index in [-0.39, 0.29) is 11.6 Å². The van der Waals surface area contributed by atoms with Crippen LogP contribution in [0.4, 0.5) is 8.78 Å². The molecule has 0 bridgehead atoms. The van der Waals surface area contributed by atoms with Crippen LogP contribution in [0.15, 0.2) is 66.8 Å². The number of nitrogens with zero attached hydrogens (tertiary/aromatic N) is 2. The van der Waals surface area contributed by atoms with E-state index in [0.29, 0.717) is 11.4 Å². The van der Waals surface area contributed by atoms with Gasteiger partial charge < -0.3 is 0 Å². The second-order valence-electron chi connectivity index (χ2n) is 6.58. The zero-order valence-corrected chi connectivity index (χ0v) is 16.0. The summed E-state index contributed by atoms with van der Waals surface area (Å²) in [5.41, 5.74) is 5.36. The molecule has 1 heterocycles. The lowest BCUT2D eigenvalue weighted by Gasteiger charge is -2.13. The maximum absolute atomic E-state index is 13.4. The number of allylic oxidation sites excluding steroid dienone is 2. The predicted molar refractivity (Wildman–Crippen MR) is 111 cm³/mol. The fourth-order valence-corrected chi connectivity index (χ4v) is 2.98. The zero-order chi connectivity index (χ0) is 20.1. The Morgan fingerprint density at radius 1 is 0.893 bits per heavy atom. The average molecular weight is 376 g/mol. The molecule has 0 aliphatic carbocycles. The van der Waals surface area contributed by atoms with Crippen LogP contribution in [0.2, 0.25) is 0 Å². The van der Waals surface area contributed by atoms with E-state index in [2.05, 4.69) is 13.5 Å². The Kier molecular flexibility index (Phi) is 6.09. The Hall–Kier alpha value is -3.14. The zero-order valence-electron chi connectivity index (χ0n) is 16.0. The molecule has 142 valence electrons. The molecule has 28 heavy (non-hydrogen) atoms. The van der Waals surface area contributed by atoms with Crippen molar-refractivity contribution in [1.29, 1.82) is 0 Å². The molecule has 4 heteroatoms. The molecule has 2 nitrogen and oxygen atoms in total. The van der Waals surface area contributed by atoms with Crippen LogP contribution in [-0.2, 0) is 0 Å². The van der Waals surface area contributed by atoms with Crippen molar-refractivity contribution in [1.82, 2.24) is 9.97 Å². The first-order chi connectivity index (χ1) is 13.5. The van der Waals surface area contributed by atoms with Crippen LogP contribution in [-0.4, -0.2) is 9.97 Å². The minimum absolute atomic E-state index is 0.313. The third-order valence-corrected chi connectivity index (χ3v) is 4.47. The van der Waals surface area contributed by atoms with Crippen molar-refractivity contribution in [2.24, 2.45) is 0 Å². The fourth-order valence-electron chi connectivity index (χ4n) is 2.98. The summed E-state index contributed by atoms with van der Waals surface area (Å²) in [6, 6.07) is 12.3. The second-order valence-corrected chi connectivity index (χ2v) is 6.58. The normalized spacial score (nSPS) is 11.5. The first-order valence-corrected chi connectivity index (χ1v) is 9.25. The van der Waals surface area contributed by atoms with Crippen molar-refractivity contribution in [2.75, 3.05) is 0 Å². The summed E-state index contributed by atoms with van der Waals surface area (Å²) in [6.45, 7) is 7.88. The van der Waals surface area contributed by atoms with Gasteiger partial charge in [0, 0.05) is 11.1 Å². The Morgan fingerprint density at radius 2 is 1.39 bits per heavy atom. The van der Waals surface area contributed by atoms with E-state index in [9.17, 15) is 8.78 Å². The molecule has 2 aromatic carbocycles. The molecule has 0 spiro atoms. The van der Waals surface area contributed by atoms with Gasteiger partial charge in [0.05, 0.1) is 22.8 Å². The topological polar surface area (TPSA) is 25.8 Å². The second kappa shape index (κ2) is 8.70. The van der Waals surface area contributed by atoms with Crippen molar-refractivity contribution in [3.8, 4) is 22.5 Å². The monoisotopic (exact) mass is 376 g/mol. The number of rotatable bonds is 6. The molecule has 3 rings (SSSR count).